The lowest BCUT2D eigenvalue weighted by atomic mass is 10.1. The highest BCUT2D eigenvalue weighted by atomic mass is 32.2. The number of halogens is 1. The van der Waals surface area contributed by atoms with Crippen LogP contribution in [0, 0.1) is 24.1 Å². The molecule has 1 aliphatic heterocycles. The Bertz CT molecular complexity index is 1270. The van der Waals surface area contributed by atoms with Gasteiger partial charge in [0.2, 0.25) is 5.91 Å². The van der Waals surface area contributed by atoms with Crippen LogP contribution in [0.15, 0.2) is 89.5 Å². The highest BCUT2D eigenvalue weighted by Crippen LogP contribution is 2.42. The van der Waals surface area contributed by atoms with Gasteiger partial charge in [-0.1, -0.05) is 60.3 Å². The van der Waals surface area contributed by atoms with E-state index in [-0.39, 0.29) is 22.3 Å². The summed E-state index contributed by atoms with van der Waals surface area (Å²) in [6, 6.07) is 24.2. The van der Waals surface area contributed by atoms with Crippen molar-refractivity contribution in [3.05, 3.63) is 106 Å². The van der Waals surface area contributed by atoms with Crippen molar-refractivity contribution in [2.45, 2.75) is 18.6 Å². The van der Waals surface area contributed by atoms with Crippen LogP contribution in [0.4, 0.5) is 15.8 Å². The molecule has 164 valence electrons. The number of anilines is 2. The summed E-state index contributed by atoms with van der Waals surface area (Å²) in [7, 11) is 0. The van der Waals surface area contributed by atoms with Crippen LogP contribution in [-0.2, 0) is 16.0 Å². The molecule has 0 bridgehead atoms. The van der Waals surface area contributed by atoms with E-state index in [2.05, 4.69) is 5.32 Å². The second-order valence-electron chi connectivity index (χ2n) is 7.51. The number of benzene rings is 3. The van der Waals surface area contributed by atoms with E-state index in [4.69, 9.17) is 0 Å². The predicted octanol–water partition coefficient (Wildman–Crippen LogP) is 5.20. The lowest BCUT2D eigenvalue weighted by molar-refractivity contribution is -0.117. The molecule has 33 heavy (non-hydrogen) atoms. The monoisotopic (exact) mass is 457 g/mol. The number of nitrogens with zero attached hydrogens (tertiary/aromatic N) is 2. The second kappa shape index (κ2) is 9.72. The van der Waals surface area contributed by atoms with Crippen molar-refractivity contribution in [2.75, 3.05) is 10.2 Å². The fourth-order valence-electron chi connectivity index (χ4n) is 3.53. The summed E-state index contributed by atoms with van der Waals surface area (Å²) < 4.78 is 13.3. The number of amides is 2. The molecule has 0 radical (unpaired) electrons. The molecule has 1 fully saturated rings. The van der Waals surface area contributed by atoms with Gasteiger partial charge in [0.25, 0.3) is 5.91 Å². The Kier molecular flexibility index (Phi) is 6.57. The summed E-state index contributed by atoms with van der Waals surface area (Å²) in [5.41, 5.74) is 2.68. The van der Waals surface area contributed by atoms with Crippen LogP contribution in [-0.4, -0.2) is 17.1 Å². The molecule has 0 aliphatic carbocycles. The van der Waals surface area contributed by atoms with Gasteiger partial charge in [-0.25, -0.2) is 4.39 Å². The Morgan fingerprint density at radius 2 is 1.73 bits per heavy atom. The maximum atomic E-state index is 13.4. The van der Waals surface area contributed by atoms with Gasteiger partial charge >= 0.3 is 0 Å². The Balaban J connectivity index is 1.72. The third-order valence-corrected chi connectivity index (χ3v) is 6.51. The molecule has 0 spiro atoms. The van der Waals surface area contributed by atoms with Crippen LogP contribution >= 0.6 is 11.8 Å². The van der Waals surface area contributed by atoms with E-state index < -0.39 is 11.2 Å². The largest absolute Gasteiger partial charge is 0.321 e. The number of carbonyl (C=O) groups excluding carboxylic acids is 2. The molecule has 1 unspecified atom stereocenters. The average Bonchev–Trinajstić information content (AvgIpc) is 3.13. The zero-order valence-electron chi connectivity index (χ0n) is 17.8. The number of thioether (sulfide) groups is 1. The zero-order chi connectivity index (χ0) is 23.4. The molecule has 1 aliphatic rings. The quantitative estimate of drug-likeness (QED) is 0.422. The fourth-order valence-corrected chi connectivity index (χ4v) is 4.84. The highest BCUT2D eigenvalue weighted by Gasteiger charge is 2.40. The second-order valence-corrected chi connectivity index (χ2v) is 8.70. The Hall–Kier alpha value is -3.89. The minimum Gasteiger partial charge on any atom is -0.321 e. The number of nitrogens with one attached hydrogen (secondary N) is 1. The molecule has 4 rings (SSSR count). The van der Waals surface area contributed by atoms with E-state index in [1.54, 1.807) is 48.5 Å². The molecule has 1 heterocycles. The SMILES string of the molecule is Cc1ccccc1NC(=O)/C(C#N)=C1\SC(Cc2ccc(F)cc2)C(=O)N1c1ccccc1. The summed E-state index contributed by atoms with van der Waals surface area (Å²) >= 11 is 1.18. The maximum absolute atomic E-state index is 13.4. The van der Waals surface area contributed by atoms with Gasteiger partial charge in [-0.15, -0.1) is 0 Å². The minimum atomic E-state index is -0.578. The van der Waals surface area contributed by atoms with Crippen molar-refractivity contribution in [3.8, 4) is 6.07 Å². The first-order chi connectivity index (χ1) is 16.0. The molecule has 7 heteroatoms. The third-order valence-electron chi connectivity index (χ3n) is 5.25. The standard InChI is InChI=1S/C26H20FN3O2S/c1-17-7-5-6-10-22(17)29-24(31)21(16-28)26-30(20-8-3-2-4-9-20)25(32)23(33-26)15-18-11-13-19(27)14-12-18/h2-14,23H,15H2,1H3,(H,29,31)/b26-21-. The van der Waals surface area contributed by atoms with Crippen LogP contribution < -0.4 is 10.2 Å². The molecule has 1 N–H and O–H groups in total. The normalized spacial score (nSPS) is 16.9. The van der Waals surface area contributed by atoms with E-state index in [0.717, 1.165) is 11.1 Å². The van der Waals surface area contributed by atoms with Gasteiger partial charge in [-0.2, -0.15) is 5.26 Å². The molecule has 3 aromatic carbocycles. The van der Waals surface area contributed by atoms with Gasteiger partial charge in [0.1, 0.15) is 22.5 Å². The number of nitriles is 1. The van der Waals surface area contributed by atoms with Crippen LogP contribution in [0.2, 0.25) is 0 Å². The Morgan fingerprint density at radius 1 is 1.06 bits per heavy atom. The average molecular weight is 458 g/mol. The van der Waals surface area contributed by atoms with Crippen molar-refractivity contribution in [2.24, 2.45) is 0 Å². The van der Waals surface area contributed by atoms with Gasteiger partial charge in [-0.3, -0.25) is 14.5 Å². The molecule has 2 amide bonds. The van der Waals surface area contributed by atoms with Crippen molar-refractivity contribution >= 4 is 35.0 Å². The first-order valence-electron chi connectivity index (χ1n) is 10.3. The van der Waals surface area contributed by atoms with Crippen LogP contribution in [0.5, 0.6) is 0 Å². The van der Waals surface area contributed by atoms with Gasteiger partial charge < -0.3 is 5.32 Å². The molecular formula is C26H20FN3O2S. The topological polar surface area (TPSA) is 73.2 Å². The van der Waals surface area contributed by atoms with Crippen LogP contribution in [0.3, 0.4) is 0 Å². The summed E-state index contributed by atoms with van der Waals surface area (Å²) in [4.78, 5) is 27.9. The zero-order valence-corrected chi connectivity index (χ0v) is 18.6. The van der Waals surface area contributed by atoms with Gasteiger partial charge in [-0.05, 0) is 54.8 Å². The molecule has 0 saturated carbocycles. The predicted molar refractivity (Wildman–Crippen MR) is 128 cm³/mol. The number of para-hydroxylation sites is 2. The summed E-state index contributed by atoms with van der Waals surface area (Å²) in [6.45, 7) is 1.86. The van der Waals surface area contributed by atoms with E-state index in [0.29, 0.717) is 17.8 Å². The summed E-state index contributed by atoms with van der Waals surface area (Å²) in [5, 5.41) is 12.4. The van der Waals surface area contributed by atoms with E-state index >= 15 is 0 Å². The lowest BCUT2D eigenvalue weighted by Gasteiger charge is -2.18. The van der Waals surface area contributed by atoms with E-state index in [9.17, 15) is 19.2 Å². The lowest BCUT2D eigenvalue weighted by Crippen LogP contribution is -2.30. The molecule has 5 nitrogen and oxygen atoms in total. The molecule has 0 aromatic heterocycles. The van der Waals surface area contributed by atoms with Gasteiger partial charge in [0.05, 0.1) is 5.25 Å². The van der Waals surface area contributed by atoms with Crippen molar-refractivity contribution in [1.29, 1.82) is 5.26 Å². The van der Waals surface area contributed by atoms with E-state index in [1.165, 1.54) is 28.8 Å². The Labute approximate surface area is 195 Å². The highest BCUT2D eigenvalue weighted by molar-refractivity contribution is 8.05. The summed E-state index contributed by atoms with van der Waals surface area (Å²) in [6.07, 6.45) is 0.342. The van der Waals surface area contributed by atoms with Gasteiger partial charge in [0.15, 0.2) is 0 Å². The van der Waals surface area contributed by atoms with Gasteiger partial charge in [0, 0.05) is 11.4 Å². The van der Waals surface area contributed by atoms with Crippen LogP contribution in [0.1, 0.15) is 11.1 Å². The van der Waals surface area contributed by atoms with E-state index in [1.807, 2.05) is 31.2 Å². The molecule has 1 atom stereocenters. The maximum Gasteiger partial charge on any atom is 0.269 e. The smallest absolute Gasteiger partial charge is 0.269 e. The Morgan fingerprint density at radius 3 is 2.39 bits per heavy atom. The minimum absolute atomic E-state index is 0.137. The molecular weight excluding hydrogens is 437 g/mol. The van der Waals surface area contributed by atoms with Crippen LogP contribution in [0.25, 0.3) is 0 Å². The first-order valence-corrected chi connectivity index (χ1v) is 11.2. The number of aryl methyl sites for hydroxylation is 1. The fraction of sp³-hybridized carbons (Fsp3) is 0.115. The first kappa shape index (κ1) is 22.3. The molecule has 1 saturated heterocycles. The number of hydrogen-bond acceptors (Lipinski definition) is 4. The molecule has 3 aromatic rings. The number of hydrogen-bond donors (Lipinski definition) is 1. The number of carbonyl (C=O) groups is 2. The number of rotatable bonds is 5. The van der Waals surface area contributed by atoms with Crippen molar-refractivity contribution < 1.29 is 14.0 Å². The van der Waals surface area contributed by atoms with Crippen molar-refractivity contribution in [3.63, 3.8) is 0 Å². The van der Waals surface area contributed by atoms with Crippen molar-refractivity contribution in [1.82, 2.24) is 0 Å². The summed E-state index contributed by atoms with van der Waals surface area (Å²) in [5.74, 6) is -1.16. The third kappa shape index (κ3) is 4.81.